The first kappa shape index (κ1) is 17.8. The Morgan fingerprint density at radius 2 is 2.09 bits per heavy atom. The van der Waals surface area contributed by atoms with E-state index >= 15 is 0 Å². The molecule has 0 bridgehead atoms. The number of piperidine rings is 1. The predicted octanol–water partition coefficient (Wildman–Crippen LogP) is 3.64. The minimum absolute atomic E-state index is 0. The van der Waals surface area contributed by atoms with Crippen LogP contribution in [0, 0.1) is 0 Å². The number of methoxy groups -OCH3 is 2. The van der Waals surface area contributed by atoms with Crippen molar-refractivity contribution < 1.29 is 14.0 Å². The summed E-state index contributed by atoms with van der Waals surface area (Å²) in [4.78, 5) is 4.48. The molecule has 126 valence electrons. The molecular formula is C15H19Cl2N3O3. The van der Waals surface area contributed by atoms with Gasteiger partial charge in [0.2, 0.25) is 11.7 Å². The average Bonchev–Trinajstić information content (AvgIpc) is 3.05. The van der Waals surface area contributed by atoms with E-state index in [-0.39, 0.29) is 18.4 Å². The van der Waals surface area contributed by atoms with Crippen LogP contribution >= 0.6 is 24.0 Å². The lowest BCUT2D eigenvalue weighted by atomic mass is 10.1. The van der Waals surface area contributed by atoms with Crippen molar-refractivity contribution in [1.29, 1.82) is 0 Å². The maximum Gasteiger partial charge on any atom is 0.244 e. The van der Waals surface area contributed by atoms with Crippen molar-refractivity contribution >= 4 is 24.0 Å². The van der Waals surface area contributed by atoms with Crippen molar-refractivity contribution in [2.45, 2.75) is 25.3 Å². The van der Waals surface area contributed by atoms with Crippen LogP contribution < -0.4 is 14.8 Å². The summed E-state index contributed by atoms with van der Waals surface area (Å²) >= 11 is 6.22. The summed E-state index contributed by atoms with van der Waals surface area (Å²) in [6.07, 6.45) is 3.36. The average molecular weight is 360 g/mol. The highest BCUT2D eigenvalue weighted by molar-refractivity contribution is 6.32. The Morgan fingerprint density at radius 3 is 2.74 bits per heavy atom. The van der Waals surface area contributed by atoms with E-state index in [9.17, 15) is 0 Å². The second kappa shape index (κ2) is 7.86. The fraction of sp³-hybridized carbons (Fsp3) is 0.467. The van der Waals surface area contributed by atoms with Gasteiger partial charge in [0.05, 0.1) is 25.3 Å². The molecule has 1 aromatic carbocycles. The monoisotopic (exact) mass is 359 g/mol. The summed E-state index contributed by atoms with van der Waals surface area (Å²) in [6, 6.07) is 3.66. The van der Waals surface area contributed by atoms with Crippen molar-refractivity contribution in [3.05, 3.63) is 23.0 Å². The van der Waals surface area contributed by atoms with Gasteiger partial charge in [-0.15, -0.1) is 12.4 Å². The summed E-state index contributed by atoms with van der Waals surface area (Å²) in [5.41, 5.74) is 0.730. The number of nitrogens with zero attached hydrogens (tertiary/aromatic N) is 2. The summed E-state index contributed by atoms with van der Waals surface area (Å²) in [7, 11) is 3.11. The van der Waals surface area contributed by atoms with Gasteiger partial charge in [-0.25, -0.2) is 0 Å². The molecule has 1 fully saturated rings. The molecule has 1 saturated heterocycles. The molecule has 6 nitrogen and oxygen atoms in total. The third-order valence-electron chi connectivity index (χ3n) is 3.74. The molecule has 2 aromatic rings. The van der Waals surface area contributed by atoms with Gasteiger partial charge in [0.15, 0.2) is 11.5 Å². The lowest BCUT2D eigenvalue weighted by Gasteiger charge is -2.19. The van der Waals surface area contributed by atoms with Gasteiger partial charge in [-0.1, -0.05) is 23.2 Å². The smallest absolute Gasteiger partial charge is 0.244 e. The number of nitrogens with one attached hydrogen (secondary N) is 1. The number of hydrogen-bond acceptors (Lipinski definition) is 6. The zero-order valence-electron chi connectivity index (χ0n) is 13.0. The number of rotatable bonds is 4. The standard InChI is InChI=1S/C15H18ClN3O3.ClH/c1-20-12-8-9(7-10(16)13(12)21-2)14-18-15(22-19-14)11-5-3-4-6-17-11;/h7-8,11,17H,3-6H2,1-2H3;1H/t11-;/m1./s1. The van der Waals surface area contributed by atoms with Crippen molar-refractivity contribution in [3.63, 3.8) is 0 Å². The van der Waals surface area contributed by atoms with E-state index in [1.54, 1.807) is 26.4 Å². The lowest BCUT2D eigenvalue weighted by Crippen LogP contribution is -2.26. The van der Waals surface area contributed by atoms with Crippen LogP contribution in [0.4, 0.5) is 0 Å². The van der Waals surface area contributed by atoms with Gasteiger partial charge in [-0.3, -0.25) is 0 Å². The predicted molar refractivity (Wildman–Crippen MR) is 89.7 cm³/mol. The highest BCUT2D eigenvalue weighted by Gasteiger charge is 2.22. The van der Waals surface area contributed by atoms with Gasteiger partial charge in [0.1, 0.15) is 0 Å². The van der Waals surface area contributed by atoms with Gasteiger partial charge in [0, 0.05) is 5.56 Å². The molecule has 2 heterocycles. The van der Waals surface area contributed by atoms with Crippen LogP contribution in [0.3, 0.4) is 0 Å². The molecule has 1 aromatic heterocycles. The Hall–Kier alpha value is -1.50. The quantitative estimate of drug-likeness (QED) is 0.898. The topological polar surface area (TPSA) is 69.4 Å². The SMILES string of the molecule is COc1cc(-c2noc([C@H]3CCCCN3)n2)cc(Cl)c1OC.Cl. The first-order valence-corrected chi connectivity index (χ1v) is 7.59. The van der Waals surface area contributed by atoms with Crippen LogP contribution in [-0.4, -0.2) is 30.9 Å². The van der Waals surface area contributed by atoms with E-state index < -0.39 is 0 Å². The number of ether oxygens (including phenoxy) is 2. The third kappa shape index (κ3) is 3.71. The molecule has 8 heteroatoms. The summed E-state index contributed by atoms with van der Waals surface area (Å²) in [6.45, 7) is 0.977. The largest absolute Gasteiger partial charge is 0.493 e. The van der Waals surface area contributed by atoms with Crippen molar-refractivity contribution in [3.8, 4) is 22.9 Å². The first-order chi connectivity index (χ1) is 10.7. The molecule has 0 spiro atoms. The molecule has 0 amide bonds. The molecule has 1 atom stereocenters. The molecule has 1 N–H and O–H groups in total. The minimum Gasteiger partial charge on any atom is -0.493 e. The van der Waals surface area contributed by atoms with E-state index in [0.29, 0.717) is 28.2 Å². The molecule has 23 heavy (non-hydrogen) atoms. The Morgan fingerprint density at radius 1 is 1.26 bits per heavy atom. The normalized spacial score (nSPS) is 17.4. The zero-order valence-corrected chi connectivity index (χ0v) is 14.5. The van der Waals surface area contributed by atoms with Gasteiger partial charge >= 0.3 is 0 Å². The molecule has 0 radical (unpaired) electrons. The minimum atomic E-state index is 0. The van der Waals surface area contributed by atoms with E-state index in [2.05, 4.69) is 15.5 Å². The number of halogens is 2. The third-order valence-corrected chi connectivity index (χ3v) is 4.02. The number of benzene rings is 1. The first-order valence-electron chi connectivity index (χ1n) is 7.22. The van der Waals surface area contributed by atoms with Crippen LogP contribution in [0.1, 0.15) is 31.2 Å². The van der Waals surface area contributed by atoms with E-state index in [1.165, 1.54) is 6.42 Å². The van der Waals surface area contributed by atoms with E-state index in [4.69, 9.17) is 25.6 Å². The van der Waals surface area contributed by atoms with Crippen LogP contribution in [0.2, 0.25) is 5.02 Å². The lowest BCUT2D eigenvalue weighted by molar-refractivity contribution is 0.297. The number of hydrogen-bond donors (Lipinski definition) is 1. The van der Waals surface area contributed by atoms with Gasteiger partial charge < -0.3 is 19.3 Å². The summed E-state index contributed by atoms with van der Waals surface area (Å²) in [5, 5.41) is 7.88. The maximum atomic E-state index is 6.22. The van der Waals surface area contributed by atoms with E-state index in [0.717, 1.165) is 24.9 Å². The Bertz CT molecular complexity index is 657. The van der Waals surface area contributed by atoms with Crippen LogP contribution in [0.15, 0.2) is 16.7 Å². The molecule has 1 aliphatic heterocycles. The Kier molecular flexibility index (Phi) is 6.10. The molecule has 1 aliphatic rings. The molecule has 0 unspecified atom stereocenters. The highest BCUT2D eigenvalue weighted by atomic mass is 35.5. The molecule has 3 rings (SSSR count). The van der Waals surface area contributed by atoms with Crippen LogP contribution in [-0.2, 0) is 0 Å². The molecular weight excluding hydrogens is 341 g/mol. The van der Waals surface area contributed by atoms with E-state index in [1.807, 2.05) is 0 Å². The van der Waals surface area contributed by atoms with Gasteiger partial charge in [-0.05, 0) is 31.5 Å². The maximum absolute atomic E-state index is 6.22. The number of aromatic nitrogens is 2. The Labute approximate surface area is 145 Å². The zero-order chi connectivity index (χ0) is 15.5. The van der Waals surface area contributed by atoms with Gasteiger partial charge in [0.25, 0.3) is 0 Å². The van der Waals surface area contributed by atoms with Crippen molar-refractivity contribution in [2.24, 2.45) is 0 Å². The fourth-order valence-corrected chi connectivity index (χ4v) is 2.89. The Balaban J connectivity index is 0.00000192. The second-order valence-corrected chi connectivity index (χ2v) is 5.56. The highest BCUT2D eigenvalue weighted by Crippen LogP contribution is 2.38. The van der Waals surface area contributed by atoms with Crippen molar-refractivity contribution in [1.82, 2.24) is 15.5 Å². The van der Waals surface area contributed by atoms with Crippen LogP contribution in [0.25, 0.3) is 11.4 Å². The second-order valence-electron chi connectivity index (χ2n) is 5.15. The van der Waals surface area contributed by atoms with Crippen molar-refractivity contribution in [2.75, 3.05) is 20.8 Å². The summed E-state index contributed by atoms with van der Waals surface area (Å²) < 4.78 is 15.9. The van der Waals surface area contributed by atoms with Crippen LogP contribution in [0.5, 0.6) is 11.5 Å². The molecule has 0 saturated carbocycles. The summed E-state index contributed by atoms with van der Waals surface area (Å²) in [5.74, 6) is 2.13. The molecule has 0 aliphatic carbocycles. The fourth-order valence-electron chi connectivity index (χ4n) is 2.60. The van der Waals surface area contributed by atoms with Gasteiger partial charge in [-0.2, -0.15) is 4.98 Å².